The highest BCUT2D eigenvalue weighted by Gasteiger charge is 2.02. The van der Waals surface area contributed by atoms with Gasteiger partial charge < -0.3 is 20.1 Å². The zero-order valence-electron chi connectivity index (χ0n) is 13.6. The molecule has 122 valence electrons. The molecular weight excluding hydrogens is 308 g/mol. The second-order valence-electron chi connectivity index (χ2n) is 5.35. The van der Waals surface area contributed by atoms with E-state index in [1.165, 1.54) is 0 Å². The van der Waals surface area contributed by atoms with Crippen LogP contribution >= 0.6 is 12.2 Å². The van der Waals surface area contributed by atoms with E-state index in [4.69, 9.17) is 21.7 Å². The first-order chi connectivity index (χ1) is 11.1. The summed E-state index contributed by atoms with van der Waals surface area (Å²) in [6.07, 6.45) is 0.163. The lowest BCUT2D eigenvalue weighted by molar-refractivity contribution is 0.242. The lowest BCUT2D eigenvalue weighted by Crippen LogP contribution is -2.27. The molecule has 0 saturated carbocycles. The third kappa shape index (κ3) is 5.79. The van der Waals surface area contributed by atoms with Gasteiger partial charge in [0.1, 0.15) is 11.5 Å². The third-order valence-corrected chi connectivity index (χ3v) is 3.32. The second kappa shape index (κ2) is 8.39. The van der Waals surface area contributed by atoms with E-state index in [1.54, 1.807) is 7.11 Å². The maximum atomic E-state index is 5.69. The zero-order chi connectivity index (χ0) is 16.7. The second-order valence-corrected chi connectivity index (χ2v) is 5.76. The molecule has 0 heterocycles. The molecule has 4 nitrogen and oxygen atoms in total. The van der Waals surface area contributed by atoms with E-state index in [0.29, 0.717) is 11.7 Å². The normalized spacial score (nSPS) is 10.3. The van der Waals surface area contributed by atoms with E-state index in [9.17, 15) is 0 Å². The first kappa shape index (κ1) is 17.1. The number of methoxy groups -OCH3 is 1. The minimum atomic E-state index is 0.163. The number of rotatable bonds is 6. The molecule has 0 spiro atoms. The Labute approximate surface area is 142 Å². The van der Waals surface area contributed by atoms with Crippen LogP contribution < -0.4 is 20.1 Å². The summed E-state index contributed by atoms with van der Waals surface area (Å²) in [4.78, 5) is 0. The maximum Gasteiger partial charge on any atom is 0.171 e. The Morgan fingerprint density at radius 1 is 1.09 bits per heavy atom. The number of thiocarbonyl (C=S) groups is 1. The number of nitrogens with one attached hydrogen (secondary N) is 2. The summed E-state index contributed by atoms with van der Waals surface area (Å²) < 4.78 is 10.8. The Balaban J connectivity index is 1.86. The highest BCUT2D eigenvalue weighted by molar-refractivity contribution is 7.80. The first-order valence-electron chi connectivity index (χ1n) is 7.51. The molecule has 0 radical (unpaired) electrons. The first-order valence-corrected chi connectivity index (χ1v) is 7.92. The quantitative estimate of drug-likeness (QED) is 0.785. The lowest BCUT2D eigenvalue weighted by Gasteiger charge is -2.13. The maximum absolute atomic E-state index is 5.69. The van der Waals surface area contributed by atoms with Gasteiger partial charge in [0.25, 0.3) is 0 Å². The van der Waals surface area contributed by atoms with Gasteiger partial charge in [-0.15, -0.1) is 0 Å². The number of benzene rings is 2. The van der Waals surface area contributed by atoms with Crippen molar-refractivity contribution in [1.82, 2.24) is 5.32 Å². The van der Waals surface area contributed by atoms with Crippen LogP contribution in [-0.2, 0) is 6.54 Å². The Morgan fingerprint density at radius 2 is 1.83 bits per heavy atom. The average Bonchev–Trinajstić information content (AvgIpc) is 2.53. The van der Waals surface area contributed by atoms with Crippen molar-refractivity contribution in [2.75, 3.05) is 12.4 Å². The Morgan fingerprint density at radius 3 is 2.48 bits per heavy atom. The molecule has 0 fully saturated rings. The van der Waals surface area contributed by atoms with E-state index in [1.807, 2.05) is 62.4 Å². The smallest absolute Gasteiger partial charge is 0.171 e. The van der Waals surface area contributed by atoms with Gasteiger partial charge in [-0.05, 0) is 68.0 Å². The van der Waals surface area contributed by atoms with Crippen LogP contribution in [0.25, 0.3) is 0 Å². The van der Waals surface area contributed by atoms with Crippen molar-refractivity contribution >= 4 is 23.0 Å². The molecule has 5 heteroatoms. The summed E-state index contributed by atoms with van der Waals surface area (Å²) in [5.74, 6) is 1.68. The summed E-state index contributed by atoms with van der Waals surface area (Å²) in [5, 5.41) is 6.91. The molecule has 0 amide bonds. The van der Waals surface area contributed by atoms with E-state index in [0.717, 1.165) is 22.7 Å². The minimum absolute atomic E-state index is 0.163. The van der Waals surface area contributed by atoms with Crippen LogP contribution in [0.15, 0.2) is 48.5 Å². The van der Waals surface area contributed by atoms with Crippen LogP contribution in [0.2, 0.25) is 0 Å². The summed E-state index contributed by atoms with van der Waals surface area (Å²) >= 11 is 5.31. The van der Waals surface area contributed by atoms with Gasteiger partial charge in [-0.1, -0.05) is 12.1 Å². The molecule has 2 rings (SSSR count). The molecule has 0 aromatic heterocycles. The summed E-state index contributed by atoms with van der Waals surface area (Å²) in [6.45, 7) is 4.66. The van der Waals surface area contributed by atoms with Crippen LogP contribution in [0.1, 0.15) is 19.4 Å². The van der Waals surface area contributed by atoms with E-state index < -0.39 is 0 Å². The molecule has 23 heavy (non-hydrogen) atoms. The number of hydrogen-bond donors (Lipinski definition) is 2. The number of hydrogen-bond acceptors (Lipinski definition) is 3. The third-order valence-electron chi connectivity index (χ3n) is 3.07. The Hall–Kier alpha value is -2.27. The predicted molar refractivity (Wildman–Crippen MR) is 98.3 cm³/mol. The van der Waals surface area contributed by atoms with E-state index in [2.05, 4.69) is 10.6 Å². The van der Waals surface area contributed by atoms with Crippen molar-refractivity contribution in [2.45, 2.75) is 26.5 Å². The van der Waals surface area contributed by atoms with Crippen molar-refractivity contribution in [3.8, 4) is 11.5 Å². The molecule has 0 aliphatic heterocycles. The van der Waals surface area contributed by atoms with Gasteiger partial charge in [0.05, 0.1) is 13.2 Å². The molecule has 2 N–H and O–H groups in total. The molecule has 0 bridgehead atoms. The van der Waals surface area contributed by atoms with Crippen molar-refractivity contribution in [3.63, 3.8) is 0 Å². The molecular formula is C18H22N2O2S. The van der Waals surface area contributed by atoms with E-state index >= 15 is 0 Å². The van der Waals surface area contributed by atoms with Crippen LogP contribution in [0, 0.1) is 0 Å². The van der Waals surface area contributed by atoms with Crippen molar-refractivity contribution < 1.29 is 9.47 Å². The lowest BCUT2D eigenvalue weighted by atomic mass is 10.2. The zero-order valence-corrected chi connectivity index (χ0v) is 14.4. The fraction of sp³-hybridized carbons (Fsp3) is 0.278. The van der Waals surface area contributed by atoms with Gasteiger partial charge in [-0.25, -0.2) is 0 Å². The van der Waals surface area contributed by atoms with Crippen LogP contribution in [-0.4, -0.2) is 18.3 Å². The summed E-state index contributed by atoms with van der Waals surface area (Å²) in [5.41, 5.74) is 2.03. The fourth-order valence-electron chi connectivity index (χ4n) is 2.03. The average molecular weight is 330 g/mol. The number of anilines is 1. The highest BCUT2D eigenvalue weighted by Crippen LogP contribution is 2.16. The van der Waals surface area contributed by atoms with Crippen molar-refractivity contribution in [1.29, 1.82) is 0 Å². The molecule has 2 aromatic rings. The Bertz CT molecular complexity index is 642. The van der Waals surface area contributed by atoms with Crippen LogP contribution in [0.3, 0.4) is 0 Å². The van der Waals surface area contributed by atoms with Crippen LogP contribution in [0.4, 0.5) is 5.69 Å². The molecule has 0 saturated heterocycles. The topological polar surface area (TPSA) is 42.5 Å². The van der Waals surface area contributed by atoms with Crippen LogP contribution in [0.5, 0.6) is 11.5 Å². The standard InChI is InChI=1S/C18H22N2O2S/c1-13(2)22-17-6-4-5-14(11-17)12-19-18(23)20-15-7-9-16(21-3)10-8-15/h4-11,13H,12H2,1-3H3,(H2,19,20,23). The van der Waals surface area contributed by atoms with Crippen molar-refractivity contribution in [2.24, 2.45) is 0 Å². The minimum Gasteiger partial charge on any atom is -0.497 e. The fourth-order valence-corrected chi connectivity index (χ4v) is 2.22. The molecule has 0 aliphatic carbocycles. The van der Waals surface area contributed by atoms with Gasteiger partial charge >= 0.3 is 0 Å². The van der Waals surface area contributed by atoms with Gasteiger partial charge in [-0.3, -0.25) is 0 Å². The number of ether oxygens (including phenoxy) is 2. The van der Waals surface area contributed by atoms with Crippen molar-refractivity contribution in [3.05, 3.63) is 54.1 Å². The van der Waals surface area contributed by atoms with Gasteiger partial charge in [0, 0.05) is 12.2 Å². The summed E-state index contributed by atoms with van der Waals surface area (Å²) in [7, 11) is 1.64. The molecule has 2 aromatic carbocycles. The predicted octanol–water partition coefficient (Wildman–Crippen LogP) is 3.97. The largest absolute Gasteiger partial charge is 0.497 e. The van der Waals surface area contributed by atoms with Gasteiger partial charge in [0.2, 0.25) is 0 Å². The summed E-state index contributed by atoms with van der Waals surface area (Å²) in [6, 6.07) is 15.6. The monoisotopic (exact) mass is 330 g/mol. The van der Waals surface area contributed by atoms with Gasteiger partial charge in [0.15, 0.2) is 5.11 Å². The molecule has 0 atom stereocenters. The molecule has 0 unspecified atom stereocenters. The Kier molecular flexibility index (Phi) is 6.23. The van der Waals surface area contributed by atoms with Gasteiger partial charge in [-0.2, -0.15) is 0 Å². The molecule has 0 aliphatic rings. The van der Waals surface area contributed by atoms with E-state index in [-0.39, 0.29) is 6.10 Å². The highest BCUT2D eigenvalue weighted by atomic mass is 32.1. The SMILES string of the molecule is COc1ccc(NC(=S)NCc2cccc(OC(C)C)c2)cc1.